The van der Waals surface area contributed by atoms with Gasteiger partial charge in [-0.1, -0.05) is 6.07 Å². The molecule has 1 unspecified atom stereocenters. The molecule has 25 heavy (non-hydrogen) atoms. The van der Waals surface area contributed by atoms with Crippen molar-refractivity contribution in [2.24, 2.45) is 5.92 Å². The summed E-state index contributed by atoms with van der Waals surface area (Å²) >= 11 is 0. The average molecular weight is 347 g/mol. The number of fused-ring (bicyclic) bond motifs is 1. The van der Waals surface area contributed by atoms with Crippen LogP contribution in [0.4, 0.5) is 10.6 Å². The van der Waals surface area contributed by atoms with Crippen LogP contribution in [0.15, 0.2) is 12.1 Å². The van der Waals surface area contributed by atoms with Crippen LogP contribution in [-0.4, -0.2) is 54.4 Å². The minimum atomic E-state index is -0.455. The number of nitrogens with one attached hydrogen (secondary N) is 1. The van der Waals surface area contributed by atoms with Gasteiger partial charge in [-0.3, -0.25) is 0 Å². The van der Waals surface area contributed by atoms with E-state index in [-0.39, 0.29) is 12.2 Å². The molecule has 6 nitrogen and oxygen atoms in total. The third-order valence-electron chi connectivity index (χ3n) is 4.75. The SMILES string of the molecule is COC(Cc1ccc2c(n1)NCCC2)C1CN(C(=O)OC(C)(C)C)C1. The molecule has 0 radical (unpaired) electrons. The van der Waals surface area contributed by atoms with Crippen molar-refractivity contribution in [3.05, 3.63) is 23.4 Å². The molecule has 3 heterocycles. The van der Waals surface area contributed by atoms with Gasteiger partial charge in [-0.05, 0) is 45.2 Å². The molecule has 3 rings (SSSR count). The highest BCUT2D eigenvalue weighted by atomic mass is 16.6. The summed E-state index contributed by atoms with van der Waals surface area (Å²) in [7, 11) is 1.73. The lowest BCUT2D eigenvalue weighted by Crippen LogP contribution is -2.56. The maximum atomic E-state index is 12.1. The van der Waals surface area contributed by atoms with Crippen LogP contribution in [0.25, 0.3) is 0 Å². The Morgan fingerprint density at radius 2 is 2.16 bits per heavy atom. The molecule has 138 valence electrons. The van der Waals surface area contributed by atoms with Crippen LogP contribution in [0.2, 0.25) is 0 Å². The number of carbonyl (C=O) groups excluding carboxylic acids is 1. The lowest BCUT2D eigenvalue weighted by Gasteiger charge is -2.42. The highest BCUT2D eigenvalue weighted by Gasteiger charge is 2.38. The van der Waals surface area contributed by atoms with Crippen molar-refractivity contribution in [3.63, 3.8) is 0 Å². The second-order valence-electron chi connectivity index (χ2n) is 7.96. The molecular weight excluding hydrogens is 318 g/mol. The minimum absolute atomic E-state index is 0.0628. The van der Waals surface area contributed by atoms with E-state index in [1.807, 2.05) is 20.8 Å². The van der Waals surface area contributed by atoms with Crippen molar-refractivity contribution in [3.8, 4) is 0 Å². The zero-order valence-electron chi connectivity index (χ0n) is 15.7. The summed E-state index contributed by atoms with van der Waals surface area (Å²) in [5.74, 6) is 1.34. The molecule has 1 aromatic rings. The first kappa shape index (κ1) is 18.0. The quantitative estimate of drug-likeness (QED) is 0.907. The lowest BCUT2D eigenvalue weighted by molar-refractivity contribution is -0.0432. The first-order chi connectivity index (χ1) is 11.9. The van der Waals surface area contributed by atoms with E-state index in [0.29, 0.717) is 19.0 Å². The fourth-order valence-electron chi connectivity index (χ4n) is 3.35. The summed E-state index contributed by atoms with van der Waals surface area (Å²) in [5.41, 5.74) is 1.88. The van der Waals surface area contributed by atoms with Gasteiger partial charge in [0, 0.05) is 44.8 Å². The molecule has 2 aliphatic heterocycles. The zero-order chi connectivity index (χ0) is 18.0. The van der Waals surface area contributed by atoms with Crippen LogP contribution in [-0.2, 0) is 22.3 Å². The van der Waals surface area contributed by atoms with Crippen molar-refractivity contribution in [1.29, 1.82) is 0 Å². The summed E-state index contributed by atoms with van der Waals surface area (Å²) in [4.78, 5) is 18.5. The van der Waals surface area contributed by atoms with E-state index in [1.165, 1.54) is 5.56 Å². The molecule has 0 aliphatic carbocycles. The molecule has 0 saturated carbocycles. The van der Waals surface area contributed by atoms with E-state index in [0.717, 1.165) is 37.3 Å². The number of pyridine rings is 1. The lowest BCUT2D eigenvalue weighted by atomic mass is 9.90. The fourth-order valence-corrected chi connectivity index (χ4v) is 3.35. The number of ether oxygens (including phenoxy) is 2. The molecule has 0 bridgehead atoms. The summed E-state index contributed by atoms with van der Waals surface area (Å²) in [5, 5.41) is 3.37. The van der Waals surface area contributed by atoms with Gasteiger partial charge in [-0.15, -0.1) is 0 Å². The predicted octanol–water partition coefficient (Wildman–Crippen LogP) is 2.86. The third kappa shape index (κ3) is 4.42. The van der Waals surface area contributed by atoms with Crippen LogP contribution in [0.1, 0.15) is 38.4 Å². The van der Waals surface area contributed by atoms with Gasteiger partial charge in [0.25, 0.3) is 0 Å². The molecular formula is C19H29N3O3. The van der Waals surface area contributed by atoms with Gasteiger partial charge in [0.05, 0.1) is 6.10 Å². The second-order valence-corrected chi connectivity index (χ2v) is 7.96. The second kappa shape index (κ2) is 7.20. The van der Waals surface area contributed by atoms with Crippen molar-refractivity contribution >= 4 is 11.9 Å². The maximum absolute atomic E-state index is 12.1. The van der Waals surface area contributed by atoms with Gasteiger partial charge >= 0.3 is 6.09 Å². The number of carbonyl (C=O) groups is 1. The largest absolute Gasteiger partial charge is 0.444 e. The Morgan fingerprint density at radius 3 is 2.84 bits per heavy atom. The molecule has 1 N–H and O–H groups in total. The van der Waals surface area contributed by atoms with Crippen molar-refractivity contribution in [2.75, 3.05) is 32.1 Å². The van der Waals surface area contributed by atoms with Crippen molar-refractivity contribution < 1.29 is 14.3 Å². The van der Waals surface area contributed by atoms with E-state index in [2.05, 4.69) is 17.4 Å². The molecule has 0 spiro atoms. The maximum Gasteiger partial charge on any atom is 0.410 e. The summed E-state index contributed by atoms with van der Waals surface area (Å²) in [6.07, 6.45) is 2.84. The Kier molecular flexibility index (Phi) is 5.18. The molecule has 1 atom stereocenters. The van der Waals surface area contributed by atoms with Gasteiger partial charge < -0.3 is 19.7 Å². The Labute approximate surface area is 149 Å². The summed E-state index contributed by atoms with van der Waals surface area (Å²) in [6, 6.07) is 4.27. The highest BCUT2D eigenvalue weighted by Crippen LogP contribution is 2.27. The first-order valence-corrected chi connectivity index (χ1v) is 9.09. The molecule has 1 aromatic heterocycles. The van der Waals surface area contributed by atoms with Crippen LogP contribution >= 0.6 is 0 Å². The van der Waals surface area contributed by atoms with Crippen molar-refractivity contribution in [1.82, 2.24) is 9.88 Å². The van der Waals surface area contributed by atoms with E-state index in [9.17, 15) is 4.79 Å². The monoisotopic (exact) mass is 347 g/mol. The number of aryl methyl sites for hydroxylation is 1. The Balaban J connectivity index is 1.55. The number of hydrogen-bond donors (Lipinski definition) is 1. The number of aromatic nitrogens is 1. The summed E-state index contributed by atoms with van der Waals surface area (Å²) < 4.78 is 11.1. The first-order valence-electron chi connectivity index (χ1n) is 9.09. The Bertz CT molecular complexity index is 621. The zero-order valence-corrected chi connectivity index (χ0v) is 15.7. The normalized spacial score (nSPS) is 18.8. The van der Waals surface area contributed by atoms with Gasteiger partial charge in [-0.2, -0.15) is 0 Å². The number of amides is 1. The standard InChI is InChI=1S/C19H29N3O3/c1-19(2,3)25-18(23)22-11-14(12-22)16(24-4)10-15-8-7-13-6-5-9-20-17(13)21-15/h7-8,14,16H,5-6,9-12H2,1-4H3,(H,20,21). The molecule has 1 saturated heterocycles. The number of hydrogen-bond acceptors (Lipinski definition) is 5. The van der Waals surface area contributed by atoms with E-state index in [4.69, 9.17) is 14.5 Å². The molecule has 6 heteroatoms. The Morgan fingerprint density at radius 1 is 1.40 bits per heavy atom. The van der Waals surface area contributed by atoms with E-state index < -0.39 is 5.60 Å². The summed E-state index contributed by atoms with van der Waals surface area (Å²) in [6.45, 7) is 8.00. The van der Waals surface area contributed by atoms with Crippen LogP contribution in [0.3, 0.4) is 0 Å². The van der Waals surface area contributed by atoms with Crippen LogP contribution in [0, 0.1) is 5.92 Å². The minimum Gasteiger partial charge on any atom is -0.444 e. The Hall–Kier alpha value is -1.82. The smallest absolute Gasteiger partial charge is 0.410 e. The fraction of sp³-hybridized carbons (Fsp3) is 0.684. The topological polar surface area (TPSA) is 63.7 Å². The number of methoxy groups -OCH3 is 1. The van der Waals surface area contributed by atoms with E-state index >= 15 is 0 Å². The predicted molar refractivity (Wildman–Crippen MR) is 96.8 cm³/mol. The molecule has 1 amide bonds. The highest BCUT2D eigenvalue weighted by molar-refractivity contribution is 5.69. The number of likely N-dealkylation sites (tertiary alicyclic amines) is 1. The van der Waals surface area contributed by atoms with Crippen molar-refractivity contribution in [2.45, 2.75) is 51.7 Å². The van der Waals surface area contributed by atoms with Gasteiger partial charge in [-0.25, -0.2) is 9.78 Å². The molecule has 0 aromatic carbocycles. The molecule has 2 aliphatic rings. The van der Waals surface area contributed by atoms with Gasteiger partial charge in [0.15, 0.2) is 0 Å². The van der Waals surface area contributed by atoms with Crippen LogP contribution < -0.4 is 5.32 Å². The number of nitrogens with zero attached hydrogens (tertiary/aromatic N) is 2. The van der Waals surface area contributed by atoms with Crippen LogP contribution in [0.5, 0.6) is 0 Å². The number of rotatable bonds is 4. The number of anilines is 1. The third-order valence-corrected chi connectivity index (χ3v) is 4.75. The molecule has 1 fully saturated rings. The van der Waals surface area contributed by atoms with E-state index in [1.54, 1.807) is 12.0 Å². The average Bonchev–Trinajstić information content (AvgIpc) is 2.50. The van der Waals surface area contributed by atoms with Gasteiger partial charge in [0.2, 0.25) is 0 Å². The van der Waals surface area contributed by atoms with Gasteiger partial charge in [0.1, 0.15) is 11.4 Å².